The van der Waals surface area contributed by atoms with Crippen LogP contribution in [0.1, 0.15) is 25.7 Å². The highest BCUT2D eigenvalue weighted by atomic mass is 16.5. The third kappa shape index (κ3) is 3.93. The van der Waals surface area contributed by atoms with Crippen LogP contribution < -0.4 is 5.32 Å². The van der Waals surface area contributed by atoms with E-state index in [1.165, 1.54) is 12.8 Å². The van der Waals surface area contributed by atoms with E-state index >= 15 is 0 Å². The van der Waals surface area contributed by atoms with E-state index in [1.807, 2.05) is 4.90 Å². The Labute approximate surface area is 108 Å². The van der Waals surface area contributed by atoms with Gasteiger partial charge >= 0.3 is 0 Å². The number of aliphatic hydroxyl groups excluding tert-OH is 1. The molecule has 0 bridgehead atoms. The number of hydrogen-bond donors (Lipinski definition) is 2. The van der Waals surface area contributed by atoms with Gasteiger partial charge in [-0.1, -0.05) is 0 Å². The van der Waals surface area contributed by atoms with Crippen LogP contribution in [0.2, 0.25) is 0 Å². The van der Waals surface area contributed by atoms with Crippen molar-refractivity contribution in [1.82, 2.24) is 10.2 Å². The van der Waals surface area contributed by atoms with Gasteiger partial charge < -0.3 is 20.1 Å². The number of carbonyl (C=O) groups is 1. The predicted octanol–water partition coefficient (Wildman–Crippen LogP) is -0.0141. The summed E-state index contributed by atoms with van der Waals surface area (Å²) in [6, 6.07) is 0. The largest absolute Gasteiger partial charge is 0.394 e. The van der Waals surface area contributed by atoms with Crippen LogP contribution in [0.3, 0.4) is 0 Å². The van der Waals surface area contributed by atoms with Crippen molar-refractivity contribution in [1.29, 1.82) is 0 Å². The SMILES string of the molecule is O=C(CCC1CCNCC1)N1CCOC(CO)C1. The quantitative estimate of drug-likeness (QED) is 0.742. The van der Waals surface area contributed by atoms with Crippen molar-refractivity contribution in [2.45, 2.75) is 31.8 Å². The molecule has 2 aliphatic heterocycles. The van der Waals surface area contributed by atoms with Crippen molar-refractivity contribution in [3.05, 3.63) is 0 Å². The van der Waals surface area contributed by atoms with Gasteiger partial charge in [0.15, 0.2) is 0 Å². The fraction of sp³-hybridized carbons (Fsp3) is 0.923. The normalized spacial score (nSPS) is 26.3. The number of amides is 1. The second-order valence-electron chi connectivity index (χ2n) is 5.25. The molecule has 2 aliphatic rings. The van der Waals surface area contributed by atoms with E-state index in [-0.39, 0.29) is 18.6 Å². The molecule has 2 saturated heterocycles. The molecule has 0 aromatic rings. The summed E-state index contributed by atoms with van der Waals surface area (Å²) < 4.78 is 5.35. The molecule has 5 nitrogen and oxygen atoms in total. The van der Waals surface area contributed by atoms with Gasteiger partial charge in [0, 0.05) is 19.5 Å². The molecule has 18 heavy (non-hydrogen) atoms. The molecule has 0 aromatic heterocycles. The zero-order chi connectivity index (χ0) is 12.8. The zero-order valence-corrected chi connectivity index (χ0v) is 10.9. The van der Waals surface area contributed by atoms with Crippen LogP contribution in [0.25, 0.3) is 0 Å². The molecule has 2 heterocycles. The summed E-state index contributed by atoms with van der Waals surface area (Å²) >= 11 is 0. The first-order valence-corrected chi connectivity index (χ1v) is 7.00. The maximum atomic E-state index is 12.1. The Kier molecular flexibility index (Phi) is 5.41. The van der Waals surface area contributed by atoms with E-state index in [4.69, 9.17) is 9.84 Å². The van der Waals surface area contributed by atoms with Gasteiger partial charge in [0.25, 0.3) is 0 Å². The first-order valence-electron chi connectivity index (χ1n) is 7.00. The maximum Gasteiger partial charge on any atom is 0.222 e. The summed E-state index contributed by atoms with van der Waals surface area (Å²) in [6.45, 7) is 3.93. The summed E-state index contributed by atoms with van der Waals surface area (Å²) in [5, 5.41) is 12.4. The highest BCUT2D eigenvalue weighted by Gasteiger charge is 2.24. The highest BCUT2D eigenvalue weighted by molar-refractivity contribution is 5.76. The van der Waals surface area contributed by atoms with Crippen molar-refractivity contribution in [2.24, 2.45) is 5.92 Å². The summed E-state index contributed by atoms with van der Waals surface area (Å²) in [6.07, 6.45) is 3.83. The van der Waals surface area contributed by atoms with Crippen LogP contribution in [0.4, 0.5) is 0 Å². The van der Waals surface area contributed by atoms with Gasteiger partial charge in [-0.15, -0.1) is 0 Å². The predicted molar refractivity (Wildman–Crippen MR) is 68.2 cm³/mol. The third-order valence-electron chi connectivity index (χ3n) is 3.92. The lowest BCUT2D eigenvalue weighted by Crippen LogP contribution is -2.47. The van der Waals surface area contributed by atoms with Crippen LogP contribution >= 0.6 is 0 Å². The lowest BCUT2D eigenvalue weighted by molar-refractivity contribution is -0.140. The molecule has 0 spiro atoms. The maximum absolute atomic E-state index is 12.1. The van der Waals surface area contributed by atoms with Crippen LogP contribution in [-0.2, 0) is 9.53 Å². The van der Waals surface area contributed by atoms with Gasteiger partial charge in [0.05, 0.1) is 19.3 Å². The molecule has 2 fully saturated rings. The van der Waals surface area contributed by atoms with Gasteiger partial charge in [-0.3, -0.25) is 4.79 Å². The minimum Gasteiger partial charge on any atom is -0.394 e. The minimum absolute atomic E-state index is 0.00191. The van der Waals surface area contributed by atoms with Gasteiger partial charge in [0.2, 0.25) is 5.91 Å². The Hall–Kier alpha value is -0.650. The van der Waals surface area contributed by atoms with Crippen molar-refractivity contribution >= 4 is 5.91 Å². The summed E-state index contributed by atoms with van der Waals surface area (Å²) in [5.41, 5.74) is 0. The fourth-order valence-electron chi connectivity index (χ4n) is 2.71. The van der Waals surface area contributed by atoms with Crippen molar-refractivity contribution in [2.75, 3.05) is 39.4 Å². The Morgan fingerprint density at radius 1 is 1.39 bits per heavy atom. The Balaban J connectivity index is 1.70. The molecule has 1 amide bonds. The van der Waals surface area contributed by atoms with Crippen LogP contribution in [0.15, 0.2) is 0 Å². The third-order valence-corrected chi connectivity index (χ3v) is 3.92. The Bertz CT molecular complexity index is 267. The number of nitrogens with one attached hydrogen (secondary N) is 1. The van der Waals surface area contributed by atoms with Crippen LogP contribution in [-0.4, -0.2) is 61.4 Å². The molecule has 1 atom stereocenters. The summed E-state index contributed by atoms with van der Waals surface area (Å²) in [7, 11) is 0. The lowest BCUT2D eigenvalue weighted by Gasteiger charge is -2.32. The number of carbonyl (C=O) groups excluding carboxylic acids is 1. The molecular formula is C13H24N2O3. The molecule has 2 rings (SSSR count). The second-order valence-corrected chi connectivity index (χ2v) is 5.25. The fourth-order valence-corrected chi connectivity index (χ4v) is 2.71. The smallest absolute Gasteiger partial charge is 0.222 e. The Morgan fingerprint density at radius 3 is 2.89 bits per heavy atom. The number of nitrogens with zero attached hydrogens (tertiary/aromatic N) is 1. The Morgan fingerprint density at radius 2 is 2.17 bits per heavy atom. The van der Waals surface area contributed by atoms with Gasteiger partial charge in [0.1, 0.15) is 0 Å². The van der Waals surface area contributed by atoms with Crippen molar-refractivity contribution in [3.63, 3.8) is 0 Å². The number of hydrogen-bond acceptors (Lipinski definition) is 4. The standard InChI is InChI=1S/C13H24N2O3/c16-10-12-9-15(7-8-18-12)13(17)2-1-11-3-5-14-6-4-11/h11-12,14,16H,1-10H2. The average molecular weight is 256 g/mol. The van der Waals surface area contributed by atoms with Crippen molar-refractivity contribution < 1.29 is 14.6 Å². The van der Waals surface area contributed by atoms with E-state index in [2.05, 4.69) is 5.32 Å². The number of piperidine rings is 1. The molecule has 0 aliphatic carbocycles. The second kappa shape index (κ2) is 7.07. The van der Waals surface area contributed by atoms with Gasteiger partial charge in [-0.05, 0) is 38.3 Å². The summed E-state index contributed by atoms with van der Waals surface area (Å²) in [4.78, 5) is 13.9. The van der Waals surface area contributed by atoms with E-state index < -0.39 is 0 Å². The average Bonchev–Trinajstić information content (AvgIpc) is 2.46. The lowest BCUT2D eigenvalue weighted by atomic mass is 9.93. The van der Waals surface area contributed by atoms with E-state index in [9.17, 15) is 4.79 Å². The summed E-state index contributed by atoms with van der Waals surface area (Å²) in [5.74, 6) is 0.917. The molecule has 5 heteroatoms. The number of morpholine rings is 1. The monoisotopic (exact) mass is 256 g/mol. The first-order chi connectivity index (χ1) is 8.79. The van der Waals surface area contributed by atoms with E-state index in [0.717, 1.165) is 19.5 Å². The molecule has 2 N–H and O–H groups in total. The minimum atomic E-state index is -0.193. The number of rotatable bonds is 4. The zero-order valence-electron chi connectivity index (χ0n) is 10.9. The number of aliphatic hydroxyl groups is 1. The van der Waals surface area contributed by atoms with E-state index in [0.29, 0.717) is 32.0 Å². The van der Waals surface area contributed by atoms with E-state index in [1.54, 1.807) is 0 Å². The molecule has 1 unspecified atom stereocenters. The van der Waals surface area contributed by atoms with Crippen LogP contribution in [0, 0.1) is 5.92 Å². The topological polar surface area (TPSA) is 61.8 Å². The molecular weight excluding hydrogens is 232 g/mol. The molecule has 104 valence electrons. The first kappa shape index (κ1) is 13.8. The van der Waals surface area contributed by atoms with Gasteiger partial charge in [-0.25, -0.2) is 0 Å². The van der Waals surface area contributed by atoms with Gasteiger partial charge in [-0.2, -0.15) is 0 Å². The van der Waals surface area contributed by atoms with Crippen LogP contribution in [0.5, 0.6) is 0 Å². The molecule has 0 saturated carbocycles. The van der Waals surface area contributed by atoms with Crippen molar-refractivity contribution in [3.8, 4) is 0 Å². The molecule has 0 radical (unpaired) electrons. The highest BCUT2D eigenvalue weighted by Crippen LogP contribution is 2.19. The molecule has 0 aromatic carbocycles. The number of ether oxygens (including phenoxy) is 1.